The van der Waals surface area contributed by atoms with Crippen molar-refractivity contribution in [1.29, 1.82) is 0 Å². The van der Waals surface area contributed by atoms with Crippen molar-refractivity contribution in [2.75, 3.05) is 14.2 Å². The average Bonchev–Trinajstić information content (AvgIpc) is 2.99. The van der Waals surface area contributed by atoms with Gasteiger partial charge in [0.1, 0.15) is 11.5 Å². The van der Waals surface area contributed by atoms with E-state index in [4.69, 9.17) is 9.47 Å². The number of hydrogen-bond acceptors (Lipinski definition) is 5. The summed E-state index contributed by atoms with van der Waals surface area (Å²) in [6.07, 6.45) is 0.872. The van der Waals surface area contributed by atoms with Crippen LogP contribution in [-0.2, 0) is 6.42 Å². The number of thiophene rings is 1. The standard InChI is InChI=1S/C17H20N2O4S/c1-5-14-10(2)8-15(24-14)17(21)19-18-16(20)12-9-11(22-3)6-7-13(12)23-4/h6-9H,5H2,1-4H3,(H,18,20)(H,19,21). The maximum Gasteiger partial charge on any atom is 0.279 e. The monoisotopic (exact) mass is 348 g/mol. The van der Waals surface area contributed by atoms with Crippen molar-refractivity contribution < 1.29 is 19.1 Å². The molecule has 0 aliphatic heterocycles. The first-order valence-corrected chi connectivity index (χ1v) is 8.23. The third-order valence-electron chi connectivity index (χ3n) is 3.51. The fourth-order valence-electron chi connectivity index (χ4n) is 2.22. The second-order valence-electron chi connectivity index (χ2n) is 5.04. The lowest BCUT2D eigenvalue weighted by molar-refractivity contribution is 0.0847. The molecule has 0 fully saturated rings. The molecule has 0 radical (unpaired) electrons. The molecule has 0 saturated carbocycles. The SMILES string of the molecule is CCc1sc(C(=O)NNC(=O)c2cc(OC)ccc2OC)cc1C. The van der Waals surface area contributed by atoms with Crippen LogP contribution >= 0.6 is 11.3 Å². The van der Waals surface area contributed by atoms with E-state index in [2.05, 4.69) is 10.9 Å². The second kappa shape index (κ2) is 7.83. The number of amides is 2. The number of carbonyl (C=O) groups is 2. The molecule has 0 unspecified atom stereocenters. The first-order valence-electron chi connectivity index (χ1n) is 7.42. The van der Waals surface area contributed by atoms with Gasteiger partial charge in [0, 0.05) is 4.88 Å². The molecule has 0 aliphatic rings. The smallest absolute Gasteiger partial charge is 0.279 e. The number of rotatable bonds is 5. The van der Waals surface area contributed by atoms with E-state index in [9.17, 15) is 9.59 Å². The van der Waals surface area contributed by atoms with Gasteiger partial charge in [-0.25, -0.2) is 0 Å². The molecule has 1 aromatic carbocycles. The molecule has 0 aliphatic carbocycles. The van der Waals surface area contributed by atoms with Gasteiger partial charge in [0.2, 0.25) is 0 Å². The Morgan fingerprint density at radius 1 is 1.08 bits per heavy atom. The Balaban J connectivity index is 2.08. The predicted octanol–water partition coefficient (Wildman–Crippen LogP) is 2.71. The van der Waals surface area contributed by atoms with Gasteiger partial charge in [0.05, 0.1) is 24.7 Å². The van der Waals surface area contributed by atoms with Gasteiger partial charge in [0.25, 0.3) is 11.8 Å². The van der Waals surface area contributed by atoms with Gasteiger partial charge in [-0.3, -0.25) is 20.4 Å². The first-order chi connectivity index (χ1) is 11.5. The van der Waals surface area contributed by atoms with Crippen LogP contribution in [0.25, 0.3) is 0 Å². The molecule has 7 heteroatoms. The fourth-order valence-corrected chi connectivity index (χ4v) is 3.23. The minimum Gasteiger partial charge on any atom is -0.497 e. The van der Waals surface area contributed by atoms with E-state index in [1.807, 2.05) is 19.9 Å². The summed E-state index contributed by atoms with van der Waals surface area (Å²) in [5.74, 6) is 0.0811. The Morgan fingerprint density at radius 3 is 2.38 bits per heavy atom. The lowest BCUT2D eigenvalue weighted by Gasteiger charge is -2.11. The fraction of sp³-hybridized carbons (Fsp3) is 0.294. The summed E-state index contributed by atoms with van der Waals surface area (Å²) in [6.45, 7) is 4.00. The third-order valence-corrected chi connectivity index (χ3v) is 4.89. The maximum atomic E-state index is 12.3. The van der Waals surface area contributed by atoms with E-state index in [1.165, 1.54) is 25.6 Å². The van der Waals surface area contributed by atoms with Crippen molar-refractivity contribution >= 4 is 23.2 Å². The number of methoxy groups -OCH3 is 2. The summed E-state index contributed by atoms with van der Waals surface area (Å²) < 4.78 is 10.3. The molecule has 1 heterocycles. The number of hydrogen-bond donors (Lipinski definition) is 2. The molecule has 0 saturated heterocycles. The molecule has 0 atom stereocenters. The van der Waals surface area contributed by atoms with Crippen molar-refractivity contribution in [3.63, 3.8) is 0 Å². The third kappa shape index (κ3) is 3.86. The van der Waals surface area contributed by atoms with E-state index >= 15 is 0 Å². The highest BCUT2D eigenvalue weighted by Gasteiger charge is 2.16. The minimum atomic E-state index is -0.483. The topological polar surface area (TPSA) is 76.7 Å². The molecule has 2 rings (SSSR count). The van der Waals surface area contributed by atoms with Crippen LogP contribution in [0.3, 0.4) is 0 Å². The summed E-state index contributed by atoms with van der Waals surface area (Å²) in [7, 11) is 2.98. The molecule has 0 bridgehead atoms. The summed E-state index contributed by atoms with van der Waals surface area (Å²) in [6, 6.07) is 6.68. The van der Waals surface area contributed by atoms with Gasteiger partial charge in [-0.15, -0.1) is 11.3 Å². The van der Waals surface area contributed by atoms with E-state index in [0.717, 1.165) is 16.9 Å². The van der Waals surface area contributed by atoms with Gasteiger partial charge in [-0.05, 0) is 43.2 Å². The van der Waals surface area contributed by atoms with Gasteiger partial charge in [0.15, 0.2) is 0 Å². The highest BCUT2D eigenvalue weighted by Crippen LogP contribution is 2.24. The van der Waals surface area contributed by atoms with Crippen LogP contribution in [0.1, 0.15) is 37.4 Å². The van der Waals surface area contributed by atoms with Crippen LogP contribution < -0.4 is 20.3 Å². The zero-order valence-corrected chi connectivity index (χ0v) is 14.9. The number of aryl methyl sites for hydroxylation is 2. The van der Waals surface area contributed by atoms with E-state index in [1.54, 1.807) is 18.2 Å². The molecule has 24 heavy (non-hydrogen) atoms. The molecular formula is C17H20N2O4S. The van der Waals surface area contributed by atoms with Gasteiger partial charge < -0.3 is 9.47 Å². The highest BCUT2D eigenvalue weighted by molar-refractivity contribution is 7.14. The van der Waals surface area contributed by atoms with E-state index in [0.29, 0.717) is 16.4 Å². The van der Waals surface area contributed by atoms with Crippen molar-refractivity contribution in [2.45, 2.75) is 20.3 Å². The van der Waals surface area contributed by atoms with E-state index < -0.39 is 5.91 Å². The molecule has 2 amide bonds. The number of hydrazine groups is 1. The molecular weight excluding hydrogens is 328 g/mol. The van der Waals surface area contributed by atoms with Gasteiger partial charge in [-0.2, -0.15) is 0 Å². The van der Waals surface area contributed by atoms with Crippen molar-refractivity contribution in [3.05, 3.63) is 45.1 Å². The number of carbonyl (C=O) groups excluding carboxylic acids is 2. The minimum absolute atomic E-state index is 0.272. The first kappa shape index (κ1) is 17.8. The summed E-state index contributed by atoms with van der Waals surface area (Å²) in [5, 5.41) is 0. The van der Waals surface area contributed by atoms with Gasteiger partial charge in [-0.1, -0.05) is 6.92 Å². The summed E-state index contributed by atoms with van der Waals surface area (Å²) >= 11 is 1.42. The lowest BCUT2D eigenvalue weighted by atomic mass is 10.2. The Hall–Kier alpha value is -2.54. The van der Waals surface area contributed by atoms with Gasteiger partial charge >= 0.3 is 0 Å². The summed E-state index contributed by atoms with van der Waals surface area (Å²) in [4.78, 5) is 26.2. The number of benzene rings is 1. The molecule has 128 valence electrons. The zero-order valence-electron chi connectivity index (χ0n) is 14.1. The number of ether oxygens (including phenoxy) is 2. The Labute approximate surface area is 144 Å². The quantitative estimate of drug-likeness (QED) is 0.815. The Bertz CT molecular complexity index is 755. The zero-order chi connectivity index (χ0) is 17.7. The molecule has 1 aromatic heterocycles. The lowest BCUT2D eigenvalue weighted by Crippen LogP contribution is -2.41. The Kier molecular flexibility index (Phi) is 5.81. The van der Waals surface area contributed by atoms with Crippen LogP contribution in [0.2, 0.25) is 0 Å². The number of nitrogens with one attached hydrogen (secondary N) is 2. The molecule has 2 aromatic rings. The average molecular weight is 348 g/mol. The normalized spacial score (nSPS) is 10.2. The van der Waals surface area contributed by atoms with Crippen molar-refractivity contribution in [3.8, 4) is 11.5 Å². The molecule has 2 N–H and O–H groups in total. The van der Waals surface area contributed by atoms with Crippen LogP contribution in [0.5, 0.6) is 11.5 Å². The predicted molar refractivity (Wildman–Crippen MR) is 92.9 cm³/mol. The Morgan fingerprint density at radius 2 is 1.79 bits per heavy atom. The largest absolute Gasteiger partial charge is 0.497 e. The van der Waals surface area contributed by atoms with E-state index in [-0.39, 0.29) is 11.5 Å². The van der Waals surface area contributed by atoms with Crippen molar-refractivity contribution in [2.24, 2.45) is 0 Å². The van der Waals surface area contributed by atoms with Crippen LogP contribution in [-0.4, -0.2) is 26.0 Å². The summed E-state index contributed by atoms with van der Waals surface area (Å²) in [5.41, 5.74) is 6.18. The van der Waals surface area contributed by atoms with Crippen LogP contribution in [0, 0.1) is 6.92 Å². The molecule has 0 spiro atoms. The van der Waals surface area contributed by atoms with Crippen LogP contribution in [0.4, 0.5) is 0 Å². The van der Waals surface area contributed by atoms with Crippen LogP contribution in [0.15, 0.2) is 24.3 Å². The highest BCUT2D eigenvalue weighted by atomic mass is 32.1. The maximum absolute atomic E-state index is 12.3. The molecule has 6 nitrogen and oxygen atoms in total. The second-order valence-corrected chi connectivity index (χ2v) is 6.18. The van der Waals surface area contributed by atoms with Crippen molar-refractivity contribution in [1.82, 2.24) is 10.9 Å².